The summed E-state index contributed by atoms with van der Waals surface area (Å²) >= 11 is 13.0. The number of nitrogens with one attached hydrogen (secondary N) is 1. The molecule has 2 aromatic carbocycles. The zero-order chi connectivity index (χ0) is 19.3. The summed E-state index contributed by atoms with van der Waals surface area (Å²) in [7, 11) is 0. The number of halogens is 5. The fraction of sp³-hybridized carbons (Fsp3) is 0.125. The molecule has 0 spiro atoms. The van der Waals surface area contributed by atoms with E-state index >= 15 is 0 Å². The van der Waals surface area contributed by atoms with Crippen molar-refractivity contribution in [3.63, 3.8) is 0 Å². The molecule has 0 fully saturated rings. The maximum atomic E-state index is 12.7. The van der Waals surface area contributed by atoms with E-state index in [0.29, 0.717) is 16.6 Å². The Kier molecular flexibility index (Phi) is 6.64. The Morgan fingerprint density at radius 1 is 1.19 bits per heavy atom. The second kappa shape index (κ2) is 8.54. The molecule has 0 saturated carbocycles. The predicted molar refractivity (Wildman–Crippen MR) is 97.3 cm³/mol. The van der Waals surface area contributed by atoms with Crippen LogP contribution in [-0.2, 0) is 6.18 Å². The molecule has 0 aliphatic heterocycles. The number of amidine groups is 1. The van der Waals surface area contributed by atoms with Gasteiger partial charge in [0.15, 0.2) is 17.1 Å². The van der Waals surface area contributed by atoms with E-state index in [1.54, 1.807) is 36.7 Å². The van der Waals surface area contributed by atoms with Crippen molar-refractivity contribution in [3.8, 4) is 17.7 Å². The average Bonchev–Trinajstić information content (AvgIpc) is 2.58. The molecule has 136 valence electrons. The number of nitriles is 1. The van der Waals surface area contributed by atoms with Crippen molar-refractivity contribution in [2.24, 2.45) is 4.99 Å². The van der Waals surface area contributed by atoms with Crippen LogP contribution < -0.4 is 10.1 Å². The maximum absolute atomic E-state index is 12.7. The molecule has 0 radical (unpaired) electrons. The van der Waals surface area contributed by atoms with E-state index in [9.17, 15) is 13.2 Å². The lowest BCUT2D eigenvalue weighted by Gasteiger charge is -2.13. The lowest BCUT2D eigenvalue weighted by atomic mass is 10.2. The first kappa shape index (κ1) is 20.2. The van der Waals surface area contributed by atoms with E-state index in [2.05, 4.69) is 10.3 Å². The number of hydrogen-bond acceptors (Lipinski definition) is 4. The summed E-state index contributed by atoms with van der Waals surface area (Å²) in [5.41, 5.74) is -0.409. The Morgan fingerprint density at radius 2 is 1.77 bits per heavy atom. The van der Waals surface area contributed by atoms with Crippen molar-refractivity contribution in [2.45, 2.75) is 6.18 Å². The number of alkyl halides is 3. The van der Waals surface area contributed by atoms with E-state index in [0.717, 1.165) is 12.1 Å². The van der Waals surface area contributed by atoms with Gasteiger partial charge in [-0.2, -0.15) is 18.4 Å². The summed E-state index contributed by atoms with van der Waals surface area (Å²) in [6.45, 7) is 0. The molecule has 2 aromatic rings. The topological polar surface area (TPSA) is 57.4 Å². The van der Waals surface area contributed by atoms with Gasteiger partial charge in [-0.1, -0.05) is 35.0 Å². The number of ether oxygens (including phenoxy) is 1. The van der Waals surface area contributed by atoms with Gasteiger partial charge in [-0.05, 0) is 42.7 Å². The number of hydrogen-bond donors (Lipinski definition) is 1. The van der Waals surface area contributed by atoms with Gasteiger partial charge in [0.25, 0.3) is 0 Å². The monoisotopic (exact) mass is 419 g/mol. The predicted octanol–water partition coefficient (Wildman–Crippen LogP) is 6.23. The number of rotatable bonds is 3. The highest BCUT2D eigenvalue weighted by Gasteiger charge is 2.32. The largest absolute Gasteiger partial charge is 0.454 e. The normalized spacial score (nSPS) is 11.8. The van der Waals surface area contributed by atoms with E-state index in [1.165, 1.54) is 11.8 Å². The molecule has 0 amide bonds. The van der Waals surface area contributed by atoms with Gasteiger partial charge in [0.05, 0.1) is 21.3 Å². The lowest BCUT2D eigenvalue weighted by Crippen LogP contribution is -2.12. The number of thioether (sulfide) groups is 1. The standard InChI is InChI=1S/C16H10Cl2F3N3OS/c1-26-15(23-8-22)24-10-2-4-11(5-3-10)25-14-12(17)6-9(7-13(14)18)16(19,20)21/h2-7H,1H3,(H,23,24). The molecule has 1 N–H and O–H groups in total. The molecule has 0 unspecified atom stereocenters. The van der Waals surface area contributed by atoms with Crippen LogP contribution in [0.3, 0.4) is 0 Å². The zero-order valence-corrected chi connectivity index (χ0v) is 15.4. The first-order valence-corrected chi connectivity index (χ1v) is 8.84. The molecule has 4 nitrogen and oxygen atoms in total. The second-order valence-electron chi connectivity index (χ2n) is 4.72. The Labute approximate surface area is 161 Å². The highest BCUT2D eigenvalue weighted by molar-refractivity contribution is 8.13. The Morgan fingerprint density at radius 3 is 2.23 bits per heavy atom. The molecule has 10 heteroatoms. The zero-order valence-electron chi connectivity index (χ0n) is 13.1. The molecule has 0 aliphatic rings. The first-order valence-electron chi connectivity index (χ1n) is 6.86. The molecule has 0 aliphatic carbocycles. The van der Waals surface area contributed by atoms with Crippen LogP contribution in [0.2, 0.25) is 10.0 Å². The maximum Gasteiger partial charge on any atom is 0.416 e. The Balaban J connectivity index is 2.23. The van der Waals surface area contributed by atoms with E-state index in [4.69, 9.17) is 33.2 Å². The van der Waals surface area contributed by atoms with Crippen LogP contribution in [0.5, 0.6) is 11.5 Å². The van der Waals surface area contributed by atoms with Gasteiger partial charge in [0.1, 0.15) is 5.75 Å². The van der Waals surface area contributed by atoms with Gasteiger partial charge < -0.3 is 4.74 Å². The van der Waals surface area contributed by atoms with Crippen LogP contribution in [-0.4, -0.2) is 11.4 Å². The van der Waals surface area contributed by atoms with Crippen molar-refractivity contribution in [1.82, 2.24) is 5.32 Å². The van der Waals surface area contributed by atoms with Gasteiger partial charge in [-0.25, -0.2) is 4.99 Å². The Hall–Kier alpha value is -2.08. The average molecular weight is 420 g/mol. The Bertz CT molecular complexity index is 842. The van der Waals surface area contributed by atoms with Crippen LogP contribution in [0, 0.1) is 11.5 Å². The van der Waals surface area contributed by atoms with Crippen molar-refractivity contribution in [2.75, 3.05) is 6.26 Å². The lowest BCUT2D eigenvalue weighted by molar-refractivity contribution is -0.137. The summed E-state index contributed by atoms with van der Waals surface area (Å²) in [4.78, 5) is 4.20. The minimum atomic E-state index is -4.56. The fourth-order valence-electron chi connectivity index (χ4n) is 1.82. The molecule has 0 saturated heterocycles. The third-order valence-corrected chi connectivity index (χ3v) is 4.11. The summed E-state index contributed by atoms with van der Waals surface area (Å²) in [5.74, 6) is 0.236. The first-order chi connectivity index (χ1) is 12.2. The fourth-order valence-corrected chi connectivity index (χ4v) is 2.73. The molecule has 26 heavy (non-hydrogen) atoms. The van der Waals surface area contributed by atoms with E-state index in [1.807, 2.05) is 0 Å². The SMILES string of the molecule is CSC(=Nc1ccc(Oc2c(Cl)cc(C(F)(F)F)cc2Cl)cc1)NC#N. The number of aliphatic imine (C=N–C) groups is 1. The molecule has 0 heterocycles. The third-order valence-electron chi connectivity index (χ3n) is 2.97. The summed E-state index contributed by atoms with van der Waals surface area (Å²) in [6, 6.07) is 7.81. The number of benzene rings is 2. The van der Waals surface area contributed by atoms with Gasteiger partial charge >= 0.3 is 6.18 Å². The number of nitrogens with zero attached hydrogens (tertiary/aromatic N) is 2. The van der Waals surface area contributed by atoms with Gasteiger partial charge in [-0.3, -0.25) is 5.32 Å². The van der Waals surface area contributed by atoms with Gasteiger partial charge in [-0.15, -0.1) is 0 Å². The third kappa shape index (κ3) is 5.21. The van der Waals surface area contributed by atoms with E-state index < -0.39 is 11.7 Å². The second-order valence-corrected chi connectivity index (χ2v) is 6.33. The van der Waals surface area contributed by atoms with Crippen LogP contribution in [0.1, 0.15) is 5.56 Å². The van der Waals surface area contributed by atoms with Crippen molar-refractivity contribution >= 4 is 45.8 Å². The molecule has 0 bridgehead atoms. The van der Waals surface area contributed by atoms with Crippen LogP contribution in [0.25, 0.3) is 0 Å². The summed E-state index contributed by atoms with van der Waals surface area (Å²) in [6.07, 6.45) is -1.02. The van der Waals surface area contributed by atoms with Crippen molar-refractivity contribution in [3.05, 3.63) is 52.0 Å². The smallest absolute Gasteiger partial charge is 0.416 e. The molecular formula is C16H10Cl2F3N3OS. The van der Waals surface area contributed by atoms with Crippen LogP contribution in [0.4, 0.5) is 18.9 Å². The van der Waals surface area contributed by atoms with Gasteiger partial charge in [0, 0.05) is 0 Å². The molecular weight excluding hydrogens is 410 g/mol. The highest BCUT2D eigenvalue weighted by Crippen LogP contribution is 2.41. The summed E-state index contributed by atoms with van der Waals surface area (Å²) in [5, 5.41) is 10.9. The molecule has 0 atom stereocenters. The minimum absolute atomic E-state index is 0.0754. The van der Waals surface area contributed by atoms with E-state index in [-0.39, 0.29) is 15.8 Å². The van der Waals surface area contributed by atoms with Crippen LogP contribution >= 0.6 is 35.0 Å². The van der Waals surface area contributed by atoms with Gasteiger partial charge in [0.2, 0.25) is 0 Å². The molecule has 2 rings (SSSR count). The summed E-state index contributed by atoms with van der Waals surface area (Å²) < 4.78 is 43.7. The minimum Gasteiger partial charge on any atom is -0.454 e. The molecule has 0 aromatic heterocycles. The quantitative estimate of drug-likeness (QED) is 0.277. The van der Waals surface area contributed by atoms with Crippen LogP contribution in [0.15, 0.2) is 41.4 Å². The van der Waals surface area contributed by atoms with Crippen molar-refractivity contribution < 1.29 is 17.9 Å². The highest BCUT2D eigenvalue weighted by atomic mass is 35.5. The van der Waals surface area contributed by atoms with Crippen molar-refractivity contribution in [1.29, 1.82) is 5.26 Å².